The normalized spacial score (nSPS) is 15.8. The van der Waals surface area contributed by atoms with Crippen molar-refractivity contribution in [1.29, 1.82) is 0 Å². The van der Waals surface area contributed by atoms with Crippen LogP contribution in [0.3, 0.4) is 0 Å². The lowest BCUT2D eigenvalue weighted by atomic mass is 9.98. The quantitative estimate of drug-likeness (QED) is 0.494. The second-order valence-corrected chi connectivity index (χ2v) is 7.90. The summed E-state index contributed by atoms with van der Waals surface area (Å²) in [5.74, 6) is -0.537. The molecule has 1 aliphatic heterocycles. The van der Waals surface area contributed by atoms with Crippen LogP contribution in [0.4, 0.5) is 5.69 Å². The van der Waals surface area contributed by atoms with E-state index in [1.54, 1.807) is 12.4 Å². The van der Waals surface area contributed by atoms with Crippen molar-refractivity contribution in [2.24, 2.45) is 5.16 Å². The number of hydrogen-bond acceptors (Lipinski definition) is 5. The van der Waals surface area contributed by atoms with Gasteiger partial charge in [-0.3, -0.25) is 14.6 Å². The number of aromatic nitrogens is 1. The Labute approximate surface area is 196 Å². The summed E-state index contributed by atoms with van der Waals surface area (Å²) in [7, 11) is 0. The molecule has 2 N–H and O–H groups in total. The molecule has 0 radical (unpaired) electrons. The fourth-order valence-electron chi connectivity index (χ4n) is 3.62. The van der Waals surface area contributed by atoms with Crippen molar-refractivity contribution in [1.82, 2.24) is 10.3 Å². The Morgan fingerprint density at radius 1 is 1.00 bits per heavy atom. The van der Waals surface area contributed by atoms with E-state index in [1.165, 1.54) is 0 Å². The number of amides is 2. The molecule has 2 aromatic carbocycles. The van der Waals surface area contributed by atoms with E-state index in [4.69, 9.17) is 16.4 Å². The van der Waals surface area contributed by atoms with Crippen molar-refractivity contribution >= 4 is 34.8 Å². The maximum atomic E-state index is 12.5. The molecule has 168 valence electrons. The Morgan fingerprint density at radius 3 is 2.45 bits per heavy atom. The third-order valence-electron chi connectivity index (χ3n) is 5.23. The molecule has 2 unspecified atom stereocenters. The molecule has 1 aromatic heterocycles. The van der Waals surface area contributed by atoms with E-state index < -0.39 is 0 Å². The second-order valence-electron chi connectivity index (χ2n) is 7.63. The largest absolute Gasteiger partial charge is 0.391 e. The molecule has 0 aliphatic carbocycles. The van der Waals surface area contributed by atoms with Crippen LogP contribution >= 0.6 is 11.6 Å². The Hall–Kier alpha value is -3.71. The van der Waals surface area contributed by atoms with Crippen LogP contribution < -0.4 is 10.6 Å². The zero-order valence-electron chi connectivity index (χ0n) is 17.8. The van der Waals surface area contributed by atoms with Crippen molar-refractivity contribution in [3.05, 3.63) is 95.8 Å². The first kappa shape index (κ1) is 22.5. The van der Waals surface area contributed by atoms with Crippen LogP contribution in [-0.4, -0.2) is 34.5 Å². The summed E-state index contributed by atoms with van der Waals surface area (Å²) in [6, 6.07) is 20.4. The number of nitrogens with one attached hydrogen (secondary N) is 2. The van der Waals surface area contributed by atoms with Gasteiger partial charge in [-0.05, 0) is 35.4 Å². The van der Waals surface area contributed by atoms with Gasteiger partial charge in [-0.1, -0.05) is 47.6 Å². The standard InChI is InChI=1S/C25H23ClN4O3/c26-15-24(32)29-25(17-5-2-1-3-6-17)18-8-10-20(11-9-18)28-23(31)14-21-13-22(30-33-21)19-7-4-12-27-16-19/h1-12,16,21,25H,13-15H2,(H,28,31)(H,29,32). The van der Waals surface area contributed by atoms with E-state index in [0.29, 0.717) is 12.1 Å². The van der Waals surface area contributed by atoms with Crippen LogP contribution in [-0.2, 0) is 14.4 Å². The smallest absolute Gasteiger partial charge is 0.235 e. The highest BCUT2D eigenvalue weighted by Crippen LogP contribution is 2.24. The third-order valence-corrected chi connectivity index (χ3v) is 5.47. The molecule has 2 amide bonds. The van der Waals surface area contributed by atoms with Gasteiger partial charge in [0.25, 0.3) is 0 Å². The first-order valence-corrected chi connectivity index (χ1v) is 11.1. The second kappa shape index (κ2) is 10.7. The average molecular weight is 463 g/mol. The van der Waals surface area contributed by atoms with E-state index in [1.807, 2.05) is 66.7 Å². The van der Waals surface area contributed by atoms with Crippen LogP contribution in [0.25, 0.3) is 0 Å². The predicted octanol–water partition coefficient (Wildman–Crippen LogP) is 4.05. The Morgan fingerprint density at radius 2 is 1.76 bits per heavy atom. The molecular formula is C25H23ClN4O3. The molecule has 0 fully saturated rings. The van der Waals surface area contributed by atoms with Crippen LogP contribution in [0.1, 0.15) is 35.6 Å². The average Bonchev–Trinajstić information content (AvgIpc) is 3.32. The molecule has 2 atom stereocenters. The van der Waals surface area contributed by atoms with Crippen molar-refractivity contribution in [2.75, 3.05) is 11.2 Å². The highest BCUT2D eigenvalue weighted by atomic mass is 35.5. The number of halogens is 1. The number of benzene rings is 2. The van der Waals surface area contributed by atoms with Gasteiger partial charge in [-0.15, -0.1) is 11.6 Å². The summed E-state index contributed by atoms with van der Waals surface area (Å²) in [4.78, 5) is 34.0. The molecule has 0 saturated carbocycles. The molecule has 7 nitrogen and oxygen atoms in total. The van der Waals surface area contributed by atoms with Gasteiger partial charge in [0.2, 0.25) is 11.8 Å². The van der Waals surface area contributed by atoms with Crippen molar-refractivity contribution in [3.63, 3.8) is 0 Å². The molecular weight excluding hydrogens is 440 g/mol. The Balaban J connectivity index is 1.36. The number of carbonyl (C=O) groups excluding carboxylic acids is 2. The maximum absolute atomic E-state index is 12.5. The van der Waals surface area contributed by atoms with Crippen molar-refractivity contribution in [2.45, 2.75) is 25.0 Å². The minimum absolute atomic E-state index is 0.118. The van der Waals surface area contributed by atoms with E-state index in [2.05, 4.69) is 20.8 Å². The lowest BCUT2D eigenvalue weighted by Crippen LogP contribution is -2.30. The van der Waals surface area contributed by atoms with Gasteiger partial charge >= 0.3 is 0 Å². The molecule has 3 aromatic rings. The highest BCUT2D eigenvalue weighted by molar-refractivity contribution is 6.27. The number of anilines is 1. The number of oxime groups is 1. The van der Waals surface area contributed by atoms with Crippen LogP contribution in [0.2, 0.25) is 0 Å². The summed E-state index contributed by atoms with van der Waals surface area (Å²) in [5, 5.41) is 9.91. The summed E-state index contributed by atoms with van der Waals surface area (Å²) in [6.45, 7) is 0. The minimum Gasteiger partial charge on any atom is -0.391 e. The molecule has 0 spiro atoms. The van der Waals surface area contributed by atoms with Gasteiger partial charge in [-0.2, -0.15) is 0 Å². The van der Waals surface area contributed by atoms with E-state index in [0.717, 1.165) is 22.4 Å². The number of alkyl halides is 1. The lowest BCUT2D eigenvalue weighted by molar-refractivity contribution is -0.119. The fraction of sp³-hybridized carbons (Fsp3) is 0.200. The van der Waals surface area contributed by atoms with Crippen LogP contribution in [0, 0.1) is 0 Å². The molecule has 2 heterocycles. The summed E-state index contributed by atoms with van der Waals surface area (Å²) in [6.07, 6.45) is 3.85. The Bertz CT molecular complexity index is 1120. The highest BCUT2D eigenvalue weighted by Gasteiger charge is 2.25. The first-order valence-electron chi connectivity index (χ1n) is 10.6. The molecule has 0 saturated heterocycles. The van der Waals surface area contributed by atoms with Crippen molar-refractivity contribution < 1.29 is 14.4 Å². The van der Waals surface area contributed by atoms with Gasteiger partial charge < -0.3 is 15.5 Å². The monoisotopic (exact) mass is 462 g/mol. The van der Waals surface area contributed by atoms with E-state index in [-0.39, 0.29) is 36.3 Å². The zero-order valence-corrected chi connectivity index (χ0v) is 18.5. The van der Waals surface area contributed by atoms with Gasteiger partial charge in [-0.25, -0.2) is 0 Å². The molecule has 1 aliphatic rings. The summed E-state index contributed by atoms with van der Waals surface area (Å²) in [5.41, 5.74) is 4.16. The van der Waals surface area contributed by atoms with Crippen LogP contribution in [0.15, 0.2) is 84.3 Å². The minimum atomic E-state index is -0.336. The van der Waals surface area contributed by atoms with Gasteiger partial charge in [0, 0.05) is 30.1 Å². The molecule has 4 rings (SSSR count). The first-order chi connectivity index (χ1) is 16.1. The van der Waals surface area contributed by atoms with Gasteiger partial charge in [0.1, 0.15) is 12.0 Å². The molecule has 33 heavy (non-hydrogen) atoms. The molecule has 8 heteroatoms. The number of nitrogens with zero attached hydrogens (tertiary/aromatic N) is 2. The zero-order chi connectivity index (χ0) is 23.0. The topological polar surface area (TPSA) is 92.7 Å². The fourth-order valence-corrected chi connectivity index (χ4v) is 3.70. The van der Waals surface area contributed by atoms with Gasteiger partial charge in [0.05, 0.1) is 18.2 Å². The number of hydrogen-bond donors (Lipinski definition) is 2. The van der Waals surface area contributed by atoms with E-state index in [9.17, 15) is 9.59 Å². The Kier molecular flexibility index (Phi) is 7.32. The lowest BCUT2D eigenvalue weighted by Gasteiger charge is -2.20. The van der Waals surface area contributed by atoms with E-state index >= 15 is 0 Å². The maximum Gasteiger partial charge on any atom is 0.235 e. The summed E-state index contributed by atoms with van der Waals surface area (Å²) >= 11 is 5.69. The predicted molar refractivity (Wildman–Crippen MR) is 127 cm³/mol. The molecule has 0 bridgehead atoms. The van der Waals surface area contributed by atoms with Crippen molar-refractivity contribution in [3.8, 4) is 0 Å². The third kappa shape index (κ3) is 5.96. The number of rotatable bonds is 8. The number of pyridine rings is 1. The SMILES string of the molecule is O=C(CC1CC(c2cccnc2)=NO1)Nc1ccc(C(NC(=O)CCl)c2ccccc2)cc1. The van der Waals surface area contributed by atoms with Gasteiger partial charge in [0.15, 0.2) is 0 Å². The summed E-state index contributed by atoms with van der Waals surface area (Å²) < 4.78 is 0. The number of carbonyl (C=O) groups is 2. The van der Waals surface area contributed by atoms with Crippen LogP contribution in [0.5, 0.6) is 0 Å².